The largest absolute Gasteiger partial charge is 0.308 e. The number of hydrogen-bond acceptors (Lipinski definition) is 3. The molecule has 2 aromatic heterocycles. The van der Waals surface area contributed by atoms with Gasteiger partial charge in [0.1, 0.15) is 5.69 Å². The molecule has 5 heterocycles. The van der Waals surface area contributed by atoms with Gasteiger partial charge in [-0.3, -0.25) is 9.69 Å². The van der Waals surface area contributed by atoms with Crippen molar-refractivity contribution in [3.63, 3.8) is 0 Å². The molecule has 1 amide bonds. The minimum atomic E-state index is -0.198. The average Bonchev–Trinajstić information content (AvgIpc) is 3.02. The molecule has 0 radical (unpaired) electrons. The smallest absolute Gasteiger partial charge is 0.287 e. The van der Waals surface area contributed by atoms with Gasteiger partial charge in [-0.05, 0) is 57.0 Å². The van der Waals surface area contributed by atoms with Crippen LogP contribution in [0.5, 0.6) is 0 Å². The van der Waals surface area contributed by atoms with Crippen LogP contribution < -0.4 is 0 Å². The van der Waals surface area contributed by atoms with Crippen molar-refractivity contribution in [2.75, 3.05) is 13.1 Å². The molecule has 3 fully saturated rings. The van der Waals surface area contributed by atoms with Gasteiger partial charge < -0.3 is 4.40 Å². The molecule has 0 spiro atoms. The fourth-order valence-corrected chi connectivity index (χ4v) is 4.36. The lowest BCUT2D eigenvalue weighted by Crippen LogP contribution is -2.61. The highest BCUT2D eigenvalue weighted by Crippen LogP contribution is 2.36. The van der Waals surface area contributed by atoms with Gasteiger partial charge in [0.05, 0.1) is 12.4 Å². The zero-order valence-electron chi connectivity index (χ0n) is 12.5. The van der Waals surface area contributed by atoms with Crippen molar-refractivity contribution >= 4 is 23.2 Å². The number of carbonyl (C=O) groups excluding carboxylic acids is 1. The summed E-state index contributed by atoms with van der Waals surface area (Å²) >= 11 is 6.47. The van der Waals surface area contributed by atoms with E-state index in [0.717, 1.165) is 31.4 Å². The van der Waals surface area contributed by atoms with E-state index < -0.39 is 0 Å². The van der Waals surface area contributed by atoms with Crippen molar-refractivity contribution in [1.82, 2.24) is 18.7 Å². The van der Waals surface area contributed by atoms with Crippen LogP contribution in [0.2, 0.25) is 0 Å². The summed E-state index contributed by atoms with van der Waals surface area (Å²) in [6.07, 6.45) is 5.81. The summed E-state index contributed by atoms with van der Waals surface area (Å²) in [6.45, 7) is 4.41. The number of halogens is 1. The molecule has 0 saturated carbocycles. The first-order chi connectivity index (χ1) is 10.6. The maximum Gasteiger partial charge on any atom is 0.287 e. The number of aromatic nitrogens is 2. The van der Waals surface area contributed by atoms with E-state index in [1.807, 2.05) is 22.7 Å². The van der Waals surface area contributed by atoms with Crippen molar-refractivity contribution in [3.05, 3.63) is 36.4 Å². The van der Waals surface area contributed by atoms with E-state index in [0.29, 0.717) is 17.7 Å². The monoisotopic (exact) mass is 318 g/mol. The van der Waals surface area contributed by atoms with Crippen LogP contribution in [0, 0.1) is 5.92 Å². The summed E-state index contributed by atoms with van der Waals surface area (Å²) in [5.41, 5.74) is 1.36. The van der Waals surface area contributed by atoms with Crippen molar-refractivity contribution in [1.29, 1.82) is 0 Å². The Morgan fingerprint density at radius 2 is 2.18 bits per heavy atom. The second-order valence-electron chi connectivity index (χ2n) is 6.34. The summed E-state index contributed by atoms with van der Waals surface area (Å²) in [4.78, 5) is 19.4. The van der Waals surface area contributed by atoms with Gasteiger partial charge in [0.25, 0.3) is 5.91 Å². The molecule has 0 N–H and O–H groups in total. The van der Waals surface area contributed by atoms with E-state index in [4.69, 9.17) is 11.8 Å². The van der Waals surface area contributed by atoms with E-state index in [2.05, 4.69) is 16.8 Å². The molecule has 5 rings (SSSR count). The first-order valence-corrected chi connectivity index (χ1v) is 8.15. The Morgan fingerprint density at radius 1 is 1.41 bits per heavy atom. The third-order valence-corrected chi connectivity index (χ3v) is 5.60. The van der Waals surface area contributed by atoms with Crippen LogP contribution in [0.15, 0.2) is 30.7 Å². The van der Waals surface area contributed by atoms with Gasteiger partial charge in [0.15, 0.2) is 0 Å². The van der Waals surface area contributed by atoms with Crippen LogP contribution >= 0.6 is 11.8 Å². The molecular weight excluding hydrogens is 300 g/mol. The average molecular weight is 319 g/mol. The molecule has 116 valence electrons. The maximum absolute atomic E-state index is 12.7. The minimum absolute atomic E-state index is 0.0708. The first kappa shape index (κ1) is 14.0. The van der Waals surface area contributed by atoms with Crippen molar-refractivity contribution in [2.24, 2.45) is 5.92 Å². The zero-order chi connectivity index (χ0) is 15.3. The van der Waals surface area contributed by atoms with Gasteiger partial charge in [-0.1, -0.05) is 0 Å². The molecule has 0 unspecified atom stereocenters. The zero-order valence-corrected chi connectivity index (χ0v) is 13.3. The quantitative estimate of drug-likeness (QED) is 0.798. The van der Waals surface area contributed by atoms with Gasteiger partial charge in [0, 0.05) is 29.5 Å². The molecule has 5 nitrogen and oxygen atoms in total. The van der Waals surface area contributed by atoms with Crippen molar-refractivity contribution in [3.8, 4) is 0 Å². The van der Waals surface area contributed by atoms with Gasteiger partial charge in [0.2, 0.25) is 0 Å². The number of nitrogens with zero attached hydrogens (tertiary/aromatic N) is 4. The molecule has 2 atom stereocenters. The van der Waals surface area contributed by atoms with E-state index in [1.165, 1.54) is 4.42 Å². The Labute approximate surface area is 134 Å². The Hall–Kier alpha value is -1.59. The predicted octanol–water partition coefficient (Wildman–Crippen LogP) is 2.41. The summed E-state index contributed by atoms with van der Waals surface area (Å²) in [5, 5.41) is 0. The fraction of sp³-hybridized carbons (Fsp3) is 0.500. The molecule has 3 aliphatic rings. The highest BCUT2D eigenvalue weighted by atomic mass is 35.5. The van der Waals surface area contributed by atoms with Crippen LogP contribution in [-0.2, 0) is 0 Å². The van der Waals surface area contributed by atoms with E-state index in [1.54, 1.807) is 12.4 Å². The fourth-order valence-electron chi connectivity index (χ4n) is 3.95. The molecule has 3 saturated heterocycles. The highest BCUT2D eigenvalue weighted by Gasteiger charge is 2.44. The van der Waals surface area contributed by atoms with Gasteiger partial charge in [-0.25, -0.2) is 9.40 Å². The normalized spacial score (nSPS) is 30.6. The highest BCUT2D eigenvalue weighted by molar-refractivity contribution is 6.24. The molecule has 0 aromatic carbocycles. The number of carbonyl (C=O) groups is 1. The summed E-state index contributed by atoms with van der Waals surface area (Å²) in [5.74, 6) is 0.300. The Kier molecular flexibility index (Phi) is 3.35. The molecule has 2 bridgehead atoms. The van der Waals surface area contributed by atoms with E-state index in [9.17, 15) is 4.79 Å². The van der Waals surface area contributed by atoms with Crippen LogP contribution in [-0.4, -0.2) is 49.8 Å². The van der Waals surface area contributed by atoms with Crippen LogP contribution in [0.4, 0.5) is 0 Å². The molecular formula is C16H19ClN4O. The molecule has 0 aliphatic carbocycles. The third kappa shape index (κ3) is 2.11. The predicted molar refractivity (Wildman–Crippen MR) is 84.8 cm³/mol. The second kappa shape index (κ2) is 5.25. The topological polar surface area (TPSA) is 40.9 Å². The first-order valence-electron chi connectivity index (χ1n) is 7.81. The van der Waals surface area contributed by atoms with E-state index >= 15 is 0 Å². The van der Waals surface area contributed by atoms with Gasteiger partial charge in [-0.2, -0.15) is 0 Å². The molecule has 6 heteroatoms. The van der Waals surface area contributed by atoms with Crippen LogP contribution in [0.25, 0.3) is 5.52 Å². The lowest BCUT2D eigenvalue weighted by atomic mass is 9.79. The summed E-state index contributed by atoms with van der Waals surface area (Å²) < 4.78 is 3.29. The maximum atomic E-state index is 12.7. The van der Waals surface area contributed by atoms with Gasteiger partial charge in [-0.15, -0.1) is 0 Å². The molecule has 2 aromatic rings. The van der Waals surface area contributed by atoms with Crippen molar-refractivity contribution in [2.45, 2.75) is 31.8 Å². The lowest BCUT2D eigenvalue weighted by molar-refractivity contribution is -0.00475. The number of piperidine rings is 3. The van der Waals surface area contributed by atoms with Crippen molar-refractivity contribution < 1.29 is 4.79 Å². The van der Waals surface area contributed by atoms with Gasteiger partial charge >= 0.3 is 0 Å². The summed E-state index contributed by atoms with van der Waals surface area (Å²) in [7, 11) is 0. The lowest BCUT2D eigenvalue weighted by Gasteiger charge is -2.51. The molecule has 22 heavy (non-hydrogen) atoms. The third-order valence-electron chi connectivity index (χ3n) is 5.22. The van der Waals surface area contributed by atoms with E-state index in [-0.39, 0.29) is 11.9 Å². The number of fused-ring (bicyclic) bond motifs is 4. The number of hydrogen-bond donors (Lipinski definition) is 0. The molecule has 3 aliphatic heterocycles. The number of amides is 1. The Bertz CT molecular complexity index is 705. The SMILES string of the molecule is C[C@@H]1[C@H](N(Cl)C(=O)c2cc3cccn3cn2)C2CCN1CC2. The second-order valence-corrected chi connectivity index (χ2v) is 6.70. The van der Waals surface area contributed by atoms with Crippen LogP contribution in [0.1, 0.15) is 30.3 Å². The minimum Gasteiger partial charge on any atom is -0.308 e. The van der Waals surface area contributed by atoms with Crippen LogP contribution in [0.3, 0.4) is 0 Å². The summed E-state index contributed by atoms with van der Waals surface area (Å²) in [6, 6.07) is 6.06. The standard InChI is InChI=1S/C16H19ClN4O/c1-11-15(12-4-7-19(11)8-5-12)21(17)16(22)14-9-13-3-2-6-20(13)10-18-14/h2-3,6,9-12,15H,4-5,7-8H2,1H3/t11-,15+/m1/s1. The number of rotatable bonds is 2. The Balaban J connectivity index is 1.61. The Morgan fingerprint density at radius 3 is 2.91 bits per heavy atom.